The highest BCUT2D eigenvalue weighted by Gasteiger charge is 2.43. The van der Waals surface area contributed by atoms with E-state index in [1.54, 1.807) is 32.0 Å². The molecule has 0 bridgehead atoms. The molecule has 0 aliphatic carbocycles. The number of allylic oxidation sites excluding steroid dienone is 1. The number of benzene rings is 2. The van der Waals surface area contributed by atoms with Crippen LogP contribution in [0.25, 0.3) is 0 Å². The van der Waals surface area contributed by atoms with Crippen molar-refractivity contribution < 1.29 is 23.5 Å². The minimum Gasteiger partial charge on any atom is -0.463 e. The molecule has 0 amide bonds. The third-order valence-electron chi connectivity index (χ3n) is 4.93. The van der Waals surface area contributed by atoms with E-state index in [9.17, 15) is 19.2 Å². The maximum atomic E-state index is 13.6. The molecule has 0 radical (unpaired) electrons. The summed E-state index contributed by atoms with van der Waals surface area (Å²) < 4.78 is 24.1. The van der Waals surface area contributed by atoms with Gasteiger partial charge in [0.25, 0.3) is 0 Å². The van der Waals surface area contributed by atoms with Gasteiger partial charge in [0.15, 0.2) is 0 Å². The van der Waals surface area contributed by atoms with Crippen LogP contribution in [-0.2, 0) is 19.1 Å². The summed E-state index contributed by atoms with van der Waals surface area (Å²) in [5.41, 5.74) is 6.76. The third-order valence-corrected chi connectivity index (χ3v) is 5.16. The topological polar surface area (TPSA) is 106 Å². The van der Waals surface area contributed by atoms with Crippen LogP contribution in [0.15, 0.2) is 71.2 Å². The second-order valence-electron chi connectivity index (χ2n) is 6.91. The van der Waals surface area contributed by atoms with Crippen LogP contribution in [0.5, 0.6) is 0 Å². The molecule has 170 valence electrons. The van der Waals surface area contributed by atoms with Gasteiger partial charge in [-0.3, -0.25) is 4.90 Å². The van der Waals surface area contributed by atoms with Crippen LogP contribution in [0.1, 0.15) is 25.3 Å². The molecule has 1 atom stereocenters. The lowest BCUT2D eigenvalue weighted by Crippen LogP contribution is -2.41. The van der Waals surface area contributed by atoms with Crippen molar-refractivity contribution in [2.24, 2.45) is 5.73 Å². The molecule has 1 aliphatic heterocycles. The van der Waals surface area contributed by atoms with Gasteiger partial charge in [-0.05, 0) is 49.7 Å². The van der Waals surface area contributed by atoms with E-state index in [-0.39, 0.29) is 35.9 Å². The zero-order valence-corrected chi connectivity index (χ0v) is 18.7. The van der Waals surface area contributed by atoms with E-state index in [0.29, 0.717) is 16.3 Å². The van der Waals surface area contributed by atoms with Crippen LogP contribution in [0.2, 0.25) is 5.02 Å². The molecular weight excluding hydrogens is 449 g/mol. The van der Waals surface area contributed by atoms with Crippen molar-refractivity contribution in [1.82, 2.24) is 0 Å². The Hall–Kier alpha value is -3.83. The highest BCUT2D eigenvalue weighted by atomic mass is 35.5. The Morgan fingerprint density at radius 1 is 1.12 bits per heavy atom. The van der Waals surface area contributed by atoms with Gasteiger partial charge < -0.3 is 15.2 Å². The quantitative estimate of drug-likeness (QED) is 0.633. The van der Waals surface area contributed by atoms with Gasteiger partial charge in [-0.2, -0.15) is 5.26 Å². The maximum absolute atomic E-state index is 13.6. The largest absolute Gasteiger partial charge is 0.463 e. The first-order valence-corrected chi connectivity index (χ1v) is 10.5. The number of esters is 2. The zero-order chi connectivity index (χ0) is 24.1. The van der Waals surface area contributed by atoms with Crippen molar-refractivity contribution in [1.29, 1.82) is 5.26 Å². The van der Waals surface area contributed by atoms with Crippen molar-refractivity contribution in [3.63, 3.8) is 0 Å². The highest BCUT2D eigenvalue weighted by Crippen LogP contribution is 2.43. The van der Waals surface area contributed by atoms with Gasteiger partial charge in [0.05, 0.1) is 36.3 Å². The SMILES string of the molecule is CCOC(=O)C1=C(C(=O)OCC)N(c2cccc(Cl)c2)C(N)=C(C#N)C1c1ccc(F)cc1. The number of anilines is 1. The molecule has 7 nitrogen and oxygen atoms in total. The Kier molecular flexibility index (Phi) is 7.36. The number of rotatable bonds is 6. The molecule has 2 N–H and O–H groups in total. The molecule has 0 spiro atoms. The first-order valence-electron chi connectivity index (χ1n) is 10.1. The Bertz CT molecular complexity index is 1180. The molecule has 0 aromatic heterocycles. The molecule has 33 heavy (non-hydrogen) atoms. The van der Waals surface area contributed by atoms with Gasteiger partial charge in [0.1, 0.15) is 17.3 Å². The van der Waals surface area contributed by atoms with Crippen molar-refractivity contribution in [3.8, 4) is 6.07 Å². The van der Waals surface area contributed by atoms with Gasteiger partial charge in [0.2, 0.25) is 0 Å². The number of halogens is 2. The normalized spacial score (nSPS) is 15.8. The molecule has 1 aliphatic rings. The second kappa shape index (κ2) is 10.2. The summed E-state index contributed by atoms with van der Waals surface area (Å²) in [6.07, 6.45) is 0. The monoisotopic (exact) mass is 469 g/mol. The minimum absolute atomic E-state index is 0.0160. The molecule has 0 saturated carbocycles. The molecule has 0 fully saturated rings. The predicted molar refractivity (Wildman–Crippen MR) is 120 cm³/mol. The number of ether oxygens (including phenoxy) is 2. The van der Waals surface area contributed by atoms with Gasteiger partial charge in [-0.25, -0.2) is 14.0 Å². The van der Waals surface area contributed by atoms with E-state index in [1.165, 1.54) is 35.2 Å². The van der Waals surface area contributed by atoms with Crippen molar-refractivity contribution in [3.05, 3.63) is 87.6 Å². The molecule has 2 aromatic carbocycles. The fourth-order valence-corrected chi connectivity index (χ4v) is 3.79. The van der Waals surface area contributed by atoms with Crippen LogP contribution >= 0.6 is 11.6 Å². The number of carbonyl (C=O) groups excluding carboxylic acids is 2. The van der Waals surface area contributed by atoms with E-state index in [1.807, 2.05) is 6.07 Å². The lowest BCUT2D eigenvalue weighted by molar-refractivity contribution is -0.142. The Morgan fingerprint density at radius 3 is 2.33 bits per heavy atom. The van der Waals surface area contributed by atoms with Crippen molar-refractivity contribution in [2.75, 3.05) is 18.1 Å². The smallest absolute Gasteiger partial charge is 0.355 e. The minimum atomic E-state index is -1.08. The number of nitriles is 1. The Balaban J connectivity index is 2.40. The summed E-state index contributed by atoms with van der Waals surface area (Å²) in [4.78, 5) is 27.6. The zero-order valence-electron chi connectivity index (χ0n) is 18.0. The van der Waals surface area contributed by atoms with Crippen LogP contribution in [-0.4, -0.2) is 25.2 Å². The van der Waals surface area contributed by atoms with E-state index in [0.717, 1.165) is 0 Å². The first kappa shape index (κ1) is 23.8. The molecule has 1 unspecified atom stereocenters. The number of hydrogen-bond acceptors (Lipinski definition) is 7. The molecule has 3 rings (SSSR count). The molecular formula is C24H21ClFN3O4. The summed E-state index contributed by atoms with van der Waals surface area (Å²) in [6, 6.07) is 13.7. The third kappa shape index (κ3) is 4.69. The number of carbonyl (C=O) groups is 2. The van der Waals surface area contributed by atoms with Crippen LogP contribution in [0, 0.1) is 17.1 Å². The van der Waals surface area contributed by atoms with E-state index < -0.39 is 23.7 Å². The van der Waals surface area contributed by atoms with Crippen molar-refractivity contribution >= 4 is 29.2 Å². The van der Waals surface area contributed by atoms with Crippen LogP contribution < -0.4 is 10.6 Å². The molecule has 0 saturated heterocycles. The molecule has 1 heterocycles. The summed E-state index contributed by atoms with van der Waals surface area (Å²) in [6.45, 7) is 3.28. The standard InChI is InChI=1S/C24H21ClFN3O4/c1-3-32-23(30)20-19(14-8-10-16(26)11-9-14)18(13-27)22(28)29(21(20)24(31)33-4-2)17-7-5-6-15(25)12-17/h5-12,19H,3-4,28H2,1-2H3. The second-order valence-corrected chi connectivity index (χ2v) is 7.35. The van der Waals surface area contributed by atoms with E-state index >= 15 is 0 Å². The maximum Gasteiger partial charge on any atom is 0.355 e. The number of nitrogens with two attached hydrogens (primary N) is 1. The Labute approximate surface area is 195 Å². The van der Waals surface area contributed by atoms with E-state index in [2.05, 4.69) is 0 Å². The molecule has 9 heteroatoms. The first-order chi connectivity index (χ1) is 15.8. The number of nitrogens with zero attached hydrogens (tertiary/aromatic N) is 2. The van der Waals surface area contributed by atoms with Crippen LogP contribution in [0.4, 0.5) is 10.1 Å². The van der Waals surface area contributed by atoms with Crippen molar-refractivity contribution in [2.45, 2.75) is 19.8 Å². The van der Waals surface area contributed by atoms with E-state index in [4.69, 9.17) is 26.8 Å². The van der Waals surface area contributed by atoms with Crippen LogP contribution in [0.3, 0.4) is 0 Å². The predicted octanol–water partition coefficient (Wildman–Crippen LogP) is 4.16. The fourth-order valence-electron chi connectivity index (χ4n) is 3.61. The lowest BCUT2D eigenvalue weighted by Gasteiger charge is -2.36. The van der Waals surface area contributed by atoms with Gasteiger partial charge in [-0.15, -0.1) is 0 Å². The summed E-state index contributed by atoms with van der Waals surface area (Å²) >= 11 is 6.15. The average Bonchev–Trinajstić information content (AvgIpc) is 2.79. The summed E-state index contributed by atoms with van der Waals surface area (Å²) in [7, 11) is 0. The Morgan fingerprint density at radius 2 is 1.76 bits per heavy atom. The summed E-state index contributed by atoms with van der Waals surface area (Å²) in [5, 5.41) is 10.4. The average molecular weight is 470 g/mol. The highest BCUT2D eigenvalue weighted by molar-refractivity contribution is 6.30. The van der Waals surface area contributed by atoms with Gasteiger partial charge in [-0.1, -0.05) is 29.8 Å². The number of hydrogen-bond donors (Lipinski definition) is 1. The van der Waals surface area contributed by atoms with Gasteiger partial charge in [0, 0.05) is 10.7 Å². The summed E-state index contributed by atoms with van der Waals surface area (Å²) in [5.74, 6) is -3.35. The van der Waals surface area contributed by atoms with Gasteiger partial charge >= 0.3 is 11.9 Å². The molecule has 2 aromatic rings. The fraction of sp³-hybridized carbons (Fsp3) is 0.208. The lowest BCUT2D eigenvalue weighted by atomic mass is 9.81.